The molecule has 1 aliphatic rings. The first-order valence-electron chi connectivity index (χ1n) is 7.60. The number of ether oxygens (including phenoxy) is 1. The highest BCUT2D eigenvalue weighted by Crippen LogP contribution is 2.33. The van der Waals surface area contributed by atoms with Crippen molar-refractivity contribution in [3.63, 3.8) is 0 Å². The zero-order valence-electron chi connectivity index (χ0n) is 13.1. The number of pyridine rings is 1. The molecule has 126 valence electrons. The Morgan fingerprint density at radius 3 is 2.64 bits per heavy atom. The Kier molecular flexibility index (Phi) is 3.81. The molecule has 0 amide bonds. The molecule has 2 aromatic heterocycles. The van der Waals surface area contributed by atoms with Gasteiger partial charge in [0, 0.05) is 24.7 Å². The van der Waals surface area contributed by atoms with Gasteiger partial charge in [-0.3, -0.25) is 4.98 Å². The first kappa shape index (κ1) is 15.5. The van der Waals surface area contributed by atoms with E-state index in [0.717, 1.165) is 11.1 Å². The molecular formula is C17H14N4O3S. The summed E-state index contributed by atoms with van der Waals surface area (Å²) in [6, 6.07) is 12.3. The Balaban J connectivity index is 1.58. The summed E-state index contributed by atoms with van der Waals surface area (Å²) in [5.41, 5.74) is 1.67. The van der Waals surface area contributed by atoms with Crippen LogP contribution in [0, 0.1) is 0 Å². The molecule has 0 saturated heterocycles. The Bertz CT molecular complexity index is 1010. The fourth-order valence-corrected chi connectivity index (χ4v) is 4.22. The molecule has 0 fully saturated rings. The molecule has 0 atom stereocenters. The zero-order valence-corrected chi connectivity index (χ0v) is 13.9. The van der Waals surface area contributed by atoms with Crippen LogP contribution in [0.15, 0.2) is 66.0 Å². The van der Waals surface area contributed by atoms with E-state index in [9.17, 15) is 8.42 Å². The summed E-state index contributed by atoms with van der Waals surface area (Å²) < 4.78 is 32.2. The normalized spacial score (nSPS) is 15.0. The number of fused-ring (bicyclic) bond motifs is 1. The molecular weight excluding hydrogens is 340 g/mol. The van der Waals surface area contributed by atoms with Gasteiger partial charge in [0.2, 0.25) is 0 Å². The molecule has 0 unspecified atom stereocenters. The molecule has 0 saturated carbocycles. The summed E-state index contributed by atoms with van der Waals surface area (Å²) in [5.74, 6) is 0.288. The number of sulfonamides is 1. The molecule has 25 heavy (non-hydrogen) atoms. The van der Waals surface area contributed by atoms with Crippen molar-refractivity contribution >= 4 is 15.8 Å². The van der Waals surface area contributed by atoms with Gasteiger partial charge in [0.1, 0.15) is 12.4 Å². The number of nitrogens with zero attached hydrogens (tertiary/aromatic N) is 4. The highest BCUT2D eigenvalue weighted by Gasteiger charge is 2.35. The maximum absolute atomic E-state index is 12.7. The summed E-state index contributed by atoms with van der Waals surface area (Å²) in [6.45, 7) is 0.526. The maximum Gasteiger partial charge on any atom is 0.318 e. The molecule has 0 N–H and O–H groups in total. The lowest BCUT2D eigenvalue weighted by Gasteiger charge is -2.16. The van der Waals surface area contributed by atoms with E-state index < -0.39 is 10.0 Å². The minimum absolute atomic E-state index is 0.125. The lowest BCUT2D eigenvalue weighted by Crippen LogP contribution is -2.24. The largest absolute Gasteiger partial charge is 0.459 e. The molecule has 4 rings (SSSR count). The predicted molar refractivity (Wildman–Crippen MR) is 90.4 cm³/mol. The Morgan fingerprint density at radius 2 is 1.84 bits per heavy atom. The third-order valence-electron chi connectivity index (χ3n) is 3.85. The molecule has 0 aliphatic carbocycles. The number of rotatable bonds is 4. The van der Waals surface area contributed by atoms with Crippen LogP contribution >= 0.6 is 0 Å². The summed E-state index contributed by atoms with van der Waals surface area (Å²) in [7, 11) is -3.60. The van der Waals surface area contributed by atoms with E-state index >= 15 is 0 Å². The van der Waals surface area contributed by atoms with Crippen molar-refractivity contribution in [2.45, 2.75) is 18.0 Å². The van der Waals surface area contributed by atoms with Gasteiger partial charge in [-0.25, -0.2) is 17.7 Å². The topological polar surface area (TPSA) is 85.3 Å². The average molecular weight is 354 g/mol. The van der Waals surface area contributed by atoms with Gasteiger partial charge in [0.05, 0.1) is 11.4 Å². The molecule has 8 heteroatoms. The van der Waals surface area contributed by atoms with Gasteiger partial charge in [0.15, 0.2) is 0 Å². The summed E-state index contributed by atoms with van der Waals surface area (Å²) in [6.07, 6.45) is 4.83. The van der Waals surface area contributed by atoms with E-state index in [0.29, 0.717) is 4.90 Å². The average Bonchev–Trinajstić information content (AvgIpc) is 2.92. The molecule has 1 aromatic carbocycles. The van der Waals surface area contributed by atoms with E-state index in [4.69, 9.17) is 4.74 Å². The second-order valence-electron chi connectivity index (χ2n) is 5.46. The highest BCUT2D eigenvalue weighted by atomic mass is 32.2. The number of hydrogen-bond donors (Lipinski definition) is 0. The minimum Gasteiger partial charge on any atom is -0.459 e. The van der Waals surface area contributed by atoms with E-state index in [1.165, 1.54) is 10.5 Å². The van der Waals surface area contributed by atoms with Crippen molar-refractivity contribution in [3.8, 4) is 6.01 Å². The lowest BCUT2D eigenvalue weighted by atomic mass is 10.2. The van der Waals surface area contributed by atoms with E-state index in [1.807, 2.05) is 18.2 Å². The van der Waals surface area contributed by atoms with Crippen molar-refractivity contribution < 1.29 is 13.2 Å². The van der Waals surface area contributed by atoms with Gasteiger partial charge in [-0.2, -0.15) is 4.98 Å². The molecule has 0 bridgehead atoms. The molecule has 0 radical (unpaired) electrons. The Morgan fingerprint density at radius 1 is 1.04 bits per heavy atom. The standard InChI is InChI=1S/C17H14N4O3S/c22-25(23)15-4-2-1-3-14(15)11-21(25)16-7-10-19-17(20-16)24-12-13-5-8-18-9-6-13/h1-10H,11-12H2. The van der Waals surface area contributed by atoms with Crippen LogP contribution in [-0.2, 0) is 23.2 Å². The van der Waals surface area contributed by atoms with Crippen LogP contribution in [0.25, 0.3) is 0 Å². The number of anilines is 1. The van der Waals surface area contributed by atoms with Gasteiger partial charge in [-0.05, 0) is 29.3 Å². The number of hydrogen-bond acceptors (Lipinski definition) is 6. The van der Waals surface area contributed by atoms with Crippen LogP contribution in [0.3, 0.4) is 0 Å². The SMILES string of the molecule is O=S1(=O)c2ccccc2CN1c1ccnc(OCc2ccncc2)n1. The number of aromatic nitrogens is 3. The van der Waals surface area contributed by atoms with Crippen LogP contribution in [-0.4, -0.2) is 23.4 Å². The van der Waals surface area contributed by atoms with E-state index in [2.05, 4.69) is 15.0 Å². The molecule has 3 aromatic rings. The molecule has 7 nitrogen and oxygen atoms in total. The van der Waals surface area contributed by atoms with E-state index in [1.54, 1.807) is 36.7 Å². The fourth-order valence-electron chi connectivity index (χ4n) is 2.62. The minimum atomic E-state index is -3.60. The van der Waals surface area contributed by atoms with Gasteiger partial charge in [-0.1, -0.05) is 18.2 Å². The van der Waals surface area contributed by atoms with Crippen LogP contribution in [0.2, 0.25) is 0 Å². The second-order valence-corrected chi connectivity index (χ2v) is 7.29. The Hall–Kier alpha value is -3.00. The Labute approximate surface area is 145 Å². The van der Waals surface area contributed by atoms with Crippen molar-refractivity contribution in [1.82, 2.24) is 15.0 Å². The van der Waals surface area contributed by atoms with Gasteiger partial charge in [-0.15, -0.1) is 0 Å². The first-order chi connectivity index (χ1) is 12.1. The van der Waals surface area contributed by atoms with Gasteiger partial charge >= 0.3 is 6.01 Å². The zero-order chi connectivity index (χ0) is 17.3. The second kappa shape index (κ2) is 6.14. The summed E-state index contributed by atoms with van der Waals surface area (Å²) in [5, 5.41) is 0. The van der Waals surface area contributed by atoms with E-state index in [-0.39, 0.29) is 25.0 Å². The monoisotopic (exact) mass is 354 g/mol. The van der Waals surface area contributed by atoms with Crippen LogP contribution in [0.4, 0.5) is 5.82 Å². The summed E-state index contributed by atoms with van der Waals surface area (Å²) in [4.78, 5) is 12.6. The molecule has 0 spiro atoms. The van der Waals surface area contributed by atoms with Gasteiger partial charge in [0.25, 0.3) is 10.0 Å². The van der Waals surface area contributed by atoms with Crippen molar-refractivity contribution in [1.29, 1.82) is 0 Å². The highest BCUT2D eigenvalue weighted by molar-refractivity contribution is 7.93. The first-order valence-corrected chi connectivity index (χ1v) is 9.04. The van der Waals surface area contributed by atoms with Crippen LogP contribution in [0.5, 0.6) is 6.01 Å². The fraction of sp³-hybridized carbons (Fsp3) is 0.118. The van der Waals surface area contributed by atoms with Crippen LogP contribution in [0.1, 0.15) is 11.1 Å². The third kappa shape index (κ3) is 2.91. The maximum atomic E-state index is 12.7. The van der Waals surface area contributed by atoms with Crippen molar-refractivity contribution in [2.75, 3.05) is 4.31 Å². The summed E-state index contributed by atoms with van der Waals surface area (Å²) >= 11 is 0. The van der Waals surface area contributed by atoms with Crippen LogP contribution < -0.4 is 9.04 Å². The quantitative estimate of drug-likeness (QED) is 0.714. The molecule has 1 aliphatic heterocycles. The number of benzene rings is 1. The smallest absolute Gasteiger partial charge is 0.318 e. The predicted octanol–water partition coefficient (Wildman–Crippen LogP) is 2.16. The third-order valence-corrected chi connectivity index (χ3v) is 5.70. The van der Waals surface area contributed by atoms with Crippen molar-refractivity contribution in [3.05, 3.63) is 72.2 Å². The lowest BCUT2D eigenvalue weighted by molar-refractivity contribution is 0.281. The van der Waals surface area contributed by atoms with Gasteiger partial charge < -0.3 is 4.74 Å². The van der Waals surface area contributed by atoms with Crippen molar-refractivity contribution in [2.24, 2.45) is 0 Å². The molecule has 3 heterocycles.